The summed E-state index contributed by atoms with van der Waals surface area (Å²) >= 11 is 0. The Morgan fingerprint density at radius 1 is 0.885 bits per heavy atom. The van der Waals surface area contributed by atoms with Crippen LogP contribution in [0.3, 0.4) is 0 Å². The van der Waals surface area contributed by atoms with E-state index in [4.69, 9.17) is 29.6 Å². The number of ether oxygens (including phenoxy) is 1. The minimum Gasteiger partial charge on any atom is -0.457 e. The van der Waals surface area contributed by atoms with Gasteiger partial charge in [-0.1, -0.05) is 24.3 Å². The Hall–Kier alpha value is -3.35. The van der Waals surface area contributed by atoms with Crippen molar-refractivity contribution in [1.29, 1.82) is 10.5 Å². The Labute approximate surface area is 148 Å². The molecule has 3 rings (SSSR count). The Kier molecular flexibility index (Phi) is 4.62. The van der Waals surface area contributed by atoms with Crippen LogP contribution in [0.1, 0.15) is 11.1 Å². The largest absolute Gasteiger partial charge is 0.524 e. The van der Waals surface area contributed by atoms with Crippen LogP contribution in [-0.4, -0.2) is 9.79 Å². The van der Waals surface area contributed by atoms with Crippen LogP contribution in [0.15, 0.2) is 54.6 Å². The summed E-state index contributed by atoms with van der Waals surface area (Å²) in [4.78, 5) is 18.2. The van der Waals surface area contributed by atoms with Crippen LogP contribution >= 0.6 is 7.82 Å². The molecular formula is C18H11N2O5P. The Morgan fingerprint density at radius 2 is 1.62 bits per heavy atom. The van der Waals surface area contributed by atoms with Crippen molar-refractivity contribution in [3.63, 3.8) is 0 Å². The first-order valence-electron chi connectivity index (χ1n) is 7.29. The maximum atomic E-state index is 11.2. The van der Waals surface area contributed by atoms with Crippen LogP contribution in [0.4, 0.5) is 0 Å². The molecule has 0 saturated carbocycles. The predicted molar refractivity (Wildman–Crippen MR) is 92.6 cm³/mol. The van der Waals surface area contributed by atoms with Gasteiger partial charge >= 0.3 is 7.82 Å². The highest BCUT2D eigenvalue weighted by molar-refractivity contribution is 7.46. The molecule has 0 saturated heterocycles. The average molecular weight is 366 g/mol. The highest BCUT2D eigenvalue weighted by Gasteiger charge is 2.19. The Morgan fingerprint density at radius 3 is 2.31 bits per heavy atom. The topological polar surface area (TPSA) is 124 Å². The lowest BCUT2D eigenvalue weighted by atomic mass is 10.1. The highest BCUT2D eigenvalue weighted by atomic mass is 31.2. The average Bonchev–Trinajstić information content (AvgIpc) is 2.60. The lowest BCUT2D eigenvalue weighted by molar-refractivity contribution is 0.284. The monoisotopic (exact) mass is 366 g/mol. The molecule has 26 heavy (non-hydrogen) atoms. The lowest BCUT2D eigenvalue weighted by Crippen LogP contribution is -1.93. The van der Waals surface area contributed by atoms with Gasteiger partial charge in [0.2, 0.25) is 0 Å². The molecule has 3 aromatic carbocycles. The van der Waals surface area contributed by atoms with Gasteiger partial charge < -0.3 is 9.26 Å². The molecule has 0 aliphatic rings. The highest BCUT2D eigenvalue weighted by Crippen LogP contribution is 2.43. The van der Waals surface area contributed by atoms with Gasteiger partial charge in [0.05, 0.1) is 11.1 Å². The molecule has 8 heteroatoms. The molecule has 0 heterocycles. The summed E-state index contributed by atoms with van der Waals surface area (Å²) in [7, 11) is -4.75. The molecule has 0 aliphatic carbocycles. The molecule has 0 unspecified atom stereocenters. The van der Waals surface area contributed by atoms with Gasteiger partial charge in [-0.2, -0.15) is 10.5 Å². The molecule has 0 aliphatic heterocycles. The van der Waals surface area contributed by atoms with Crippen molar-refractivity contribution in [2.75, 3.05) is 0 Å². The Balaban J connectivity index is 2.05. The van der Waals surface area contributed by atoms with Crippen molar-refractivity contribution in [3.05, 3.63) is 65.7 Å². The first-order chi connectivity index (χ1) is 12.4. The fraction of sp³-hybridized carbons (Fsp3) is 0. The number of nitriles is 2. The van der Waals surface area contributed by atoms with Gasteiger partial charge in [0.15, 0.2) is 0 Å². The number of fused-ring (bicyclic) bond motifs is 1. The molecule has 128 valence electrons. The molecule has 0 bridgehead atoms. The molecule has 0 amide bonds. The van der Waals surface area contributed by atoms with E-state index in [1.807, 2.05) is 12.1 Å². The van der Waals surface area contributed by atoms with Gasteiger partial charge in [-0.25, -0.2) is 4.57 Å². The SMILES string of the molecule is N#Cc1ccc(Oc2cc(OP(=O)(O)O)c3ccccc3c2)cc1C#N. The molecule has 0 aromatic heterocycles. The summed E-state index contributed by atoms with van der Waals surface area (Å²) in [6.07, 6.45) is 0. The molecule has 0 spiro atoms. The van der Waals surface area contributed by atoms with Crippen LogP contribution in [-0.2, 0) is 4.57 Å². The second-order valence-corrected chi connectivity index (χ2v) is 6.42. The molecule has 7 nitrogen and oxygen atoms in total. The summed E-state index contributed by atoms with van der Waals surface area (Å²) < 4.78 is 21.7. The normalized spacial score (nSPS) is 10.8. The van der Waals surface area contributed by atoms with Crippen molar-refractivity contribution >= 4 is 18.6 Å². The first kappa shape index (κ1) is 17.5. The smallest absolute Gasteiger partial charge is 0.457 e. The van der Waals surface area contributed by atoms with Gasteiger partial charge in [-0.15, -0.1) is 0 Å². The summed E-state index contributed by atoms with van der Waals surface area (Å²) in [6.45, 7) is 0. The molecule has 0 radical (unpaired) electrons. The van der Waals surface area contributed by atoms with Crippen molar-refractivity contribution in [3.8, 4) is 29.4 Å². The fourth-order valence-corrected chi connectivity index (χ4v) is 2.83. The zero-order valence-electron chi connectivity index (χ0n) is 13.2. The molecule has 0 fully saturated rings. The van der Waals surface area contributed by atoms with Gasteiger partial charge in [-0.05, 0) is 29.7 Å². The van der Waals surface area contributed by atoms with E-state index in [1.54, 1.807) is 30.3 Å². The van der Waals surface area contributed by atoms with E-state index in [1.165, 1.54) is 24.3 Å². The number of benzene rings is 3. The summed E-state index contributed by atoms with van der Waals surface area (Å²) in [6, 6.07) is 18.1. The molecule has 2 N–H and O–H groups in total. The van der Waals surface area contributed by atoms with Crippen molar-refractivity contribution in [2.45, 2.75) is 0 Å². The van der Waals surface area contributed by atoms with Crippen molar-refractivity contribution in [1.82, 2.24) is 0 Å². The Bertz CT molecular complexity index is 1120. The zero-order chi connectivity index (χ0) is 18.7. The van der Waals surface area contributed by atoms with Gasteiger partial charge in [0.1, 0.15) is 29.4 Å². The quantitative estimate of drug-likeness (QED) is 0.672. The van der Waals surface area contributed by atoms with E-state index >= 15 is 0 Å². The second kappa shape index (κ2) is 6.87. The van der Waals surface area contributed by atoms with Gasteiger partial charge in [0.25, 0.3) is 0 Å². The molecule has 3 aromatic rings. The van der Waals surface area contributed by atoms with E-state index in [2.05, 4.69) is 0 Å². The van der Waals surface area contributed by atoms with Crippen LogP contribution < -0.4 is 9.26 Å². The zero-order valence-corrected chi connectivity index (χ0v) is 14.1. The van der Waals surface area contributed by atoms with Crippen LogP contribution in [0.25, 0.3) is 10.8 Å². The van der Waals surface area contributed by atoms with Crippen molar-refractivity contribution < 1.29 is 23.6 Å². The maximum absolute atomic E-state index is 11.2. The van der Waals surface area contributed by atoms with Gasteiger partial charge in [-0.3, -0.25) is 9.79 Å². The third-order valence-corrected chi connectivity index (χ3v) is 3.92. The first-order valence-corrected chi connectivity index (χ1v) is 8.83. The molecular weight excluding hydrogens is 355 g/mol. The minimum absolute atomic E-state index is 0.0272. The number of phosphoric ester groups is 1. The second-order valence-electron chi connectivity index (χ2n) is 5.26. The third kappa shape index (κ3) is 3.83. The van der Waals surface area contributed by atoms with E-state index in [0.717, 1.165) is 0 Å². The third-order valence-electron chi connectivity index (χ3n) is 3.48. The van der Waals surface area contributed by atoms with Crippen LogP contribution in [0.2, 0.25) is 0 Å². The van der Waals surface area contributed by atoms with Crippen molar-refractivity contribution in [2.24, 2.45) is 0 Å². The number of hydrogen-bond donors (Lipinski definition) is 2. The van der Waals surface area contributed by atoms with Gasteiger partial charge in [0, 0.05) is 11.5 Å². The number of nitrogens with zero attached hydrogens (tertiary/aromatic N) is 2. The standard InChI is InChI=1S/C18H11N2O5P/c19-10-13-5-6-15(8-14(13)11-20)24-16-7-12-3-1-2-4-17(12)18(9-16)25-26(21,22)23/h1-9H,(H2,21,22,23). The van der Waals surface area contributed by atoms with E-state index < -0.39 is 7.82 Å². The minimum atomic E-state index is -4.75. The summed E-state index contributed by atoms with van der Waals surface area (Å²) in [5.41, 5.74) is 0.390. The number of phosphoric acid groups is 1. The van der Waals surface area contributed by atoms with Crippen LogP contribution in [0.5, 0.6) is 17.2 Å². The lowest BCUT2D eigenvalue weighted by Gasteiger charge is -2.13. The summed E-state index contributed by atoms with van der Waals surface area (Å²) in [5.74, 6) is 0.541. The maximum Gasteiger partial charge on any atom is 0.524 e. The van der Waals surface area contributed by atoms with E-state index in [9.17, 15) is 4.57 Å². The molecule has 0 atom stereocenters. The predicted octanol–water partition coefficient (Wildman–Crippen LogP) is 3.85. The van der Waals surface area contributed by atoms with E-state index in [-0.39, 0.29) is 22.6 Å². The summed E-state index contributed by atoms with van der Waals surface area (Å²) in [5, 5.41) is 19.2. The number of rotatable bonds is 4. The fourth-order valence-electron chi connectivity index (χ4n) is 2.42. The number of hydrogen-bond acceptors (Lipinski definition) is 5. The van der Waals surface area contributed by atoms with E-state index in [0.29, 0.717) is 16.5 Å². The van der Waals surface area contributed by atoms with Crippen LogP contribution in [0, 0.1) is 22.7 Å².